The molecule has 0 aliphatic carbocycles. The Bertz CT molecular complexity index is 245. The maximum atomic E-state index is 11.0. The number of rotatable bonds is 5. The zero-order valence-corrected chi connectivity index (χ0v) is 11.4. The van der Waals surface area contributed by atoms with E-state index in [0.29, 0.717) is 12.5 Å². The summed E-state index contributed by atoms with van der Waals surface area (Å²) in [6.07, 6.45) is 3.89. The van der Waals surface area contributed by atoms with Crippen LogP contribution in [0.4, 0.5) is 0 Å². The fourth-order valence-electron chi connectivity index (χ4n) is 2.80. The SMILES string of the molecule is CC1CC(C)C(C)N(CCCCC(=O)NN)C1. The second-order valence-electron chi connectivity index (χ2n) is 5.58. The van der Waals surface area contributed by atoms with Crippen molar-refractivity contribution < 1.29 is 4.79 Å². The Kier molecular flexibility index (Phi) is 5.92. The van der Waals surface area contributed by atoms with E-state index in [4.69, 9.17) is 5.84 Å². The third kappa shape index (κ3) is 4.64. The number of likely N-dealkylation sites (tertiary alicyclic amines) is 1. The van der Waals surface area contributed by atoms with E-state index in [1.165, 1.54) is 13.0 Å². The van der Waals surface area contributed by atoms with Crippen molar-refractivity contribution in [2.75, 3.05) is 13.1 Å². The van der Waals surface area contributed by atoms with Crippen LogP contribution in [-0.2, 0) is 4.79 Å². The van der Waals surface area contributed by atoms with Gasteiger partial charge in [0.15, 0.2) is 0 Å². The van der Waals surface area contributed by atoms with Gasteiger partial charge in [0.2, 0.25) is 5.91 Å². The van der Waals surface area contributed by atoms with Crippen LogP contribution in [-0.4, -0.2) is 29.9 Å². The Labute approximate surface area is 105 Å². The number of piperidine rings is 1. The highest BCUT2D eigenvalue weighted by Crippen LogP contribution is 2.26. The van der Waals surface area contributed by atoms with Crippen LogP contribution < -0.4 is 11.3 Å². The molecule has 1 rings (SSSR count). The molecule has 0 aromatic carbocycles. The van der Waals surface area contributed by atoms with E-state index in [0.717, 1.165) is 31.2 Å². The number of hydrogen-bond donors (Lipinski definition) is 2. The number of amides is 1. The van der Waals surface area contributed by atoms with Crippen LogP contribution in [0, 0.1) is 11.8 Å². The van der Waals surface area contributed by atoms with Crippen molar-refractivity contribution >= 4 is 5.91 Å². The Morgan fingerprint density at radius 1 is 1.35 bits per heavy atom. The van der Waals surface area contributed by atoms with Crippen molar-refractivity contribution in [2.24, 2.45) is 17.7 Å². The first-order valence-corrected chi connectivity index (χ1v) is 6.78. The van der Waals surface area contributed by atoms with Crippen molar-refractivity contribution in [1.82, 2.24) is 10.3 Å². The second-order valence-corrected chi connectivity index (χ2v) is 5.58. The van der Waals surface area contributed by atoms with E-state index >= 15 is 0 Å². The van der Waals surface area contributed by atoms with Gasteiger partial charge < -0.3 is 4.90 Å². The molecule has 17 heavy (non-hydrogen) atoms. The zero-order valence-electron chi connectivity index (χ0n) is 11.4. The summed E-state index contributed by atoms with van der Waals surface area (Å²) in [6.45, 7) is 9.30. The molecule has 3 atom stereocenters. The lowest BCUT2D eigenvalue weighted by Gasteiger charge is -2.41. The minimum absolute atomic E-state index is 0.0570. The molecule has 0 spiro atoms. The molecule has 0 aromatic rings. The van der Waals surface area contributed by atoms with Crippen molar-refractivity contribution in [2.45, 2.75) is 52.5 Å². The number of nitrogens with zero attached hydrogens (tertiary/aromatic N) is 1. The number of hydrogen-bond acceptors (Lipinski definition) is 3. The Morgan fingerprint density at radius 2 is 2.06 bits per heavy atom. The molecule has 0 radical (unpaired) electrons. The predicted octanol–water partition coefficient (Wildman–Crippen LogP) is 1.51. The molecule has 1 saturated heterocycles. The van der Waals surface area contributed by atoms with Crippen LogP contribution >= 0.6 is 0 Å². The van der Waals surface area contributed by atoms with Gasteiger partial charge in [0.25, 0.3) is 0 Å². The topological polar surface area (TPSA) is 58.4 Å². The van der Waals surface area contributed by atoms with Gasteiger partial charge in [-0.25, -0.2) is 5.84 Å². The molecule has 0 aromatic heterocycles. The highest BCUT2D eigenvalue weighted by molar-refractivity contribution is 5.75. The minimum atomic E-state index is -0.0570. The van der Waals surface area contributed by atoms with Gasteiger partial charge in [-0.3, -0.25) is 10.2 Å². The van der Waals surface area contributed by atoms with Gasteiger partial charge in [0.1, 0.15) is 0 Å². The number of carbonyl (C=O) groups is 1. The fourth-order valence-corrected chi connectivity index (χ4v) is 2.80. The first kappa shape index (κ1) is 14.5. The smallest absolute Gasteiger partial charge is 0.233 e. The monoisotopic (exact) mass is 241 g/mol. The average molecular weight is 241 g/mol. The largest absolute Gasteiger partial charge is 0.300 e. The highest BCUT2D eigenvalue weighted by atomic mass is 16.2. The number of nitrogens with two attached hydrogens (primary N) is 1. The lowest BCUT2D eigenvalue weighted by molar-refractivity contribution is -0.121. The van der Waals surface area contributed by atoms with Crippen molar-refractivity contribution in [1.29, 1.82) is 0 Å². The van der Waals surface area contributed by atoms with Crippen LogP contribution in [0.1, 0.15) is 46.5 Å². The van der Waals surface area contributed by atoms with Crippen molar-refractivity contribution in [3.63, 3.8) is 0 Å². The van der Waals surface area contributed by atoms with E-state index in [-0.39, 0.29) is 5.91 Å². The van der Waals surface area contributed by atoms with Gasteiger partial charge in [-0.15, -0.1) is 0 Å². The van der Waals surface area contributed by atoms with E-state index in [9.17, 15) is 4.79 Å². The summed E-state index contributed by atoms with van der Waals surface area (Å²) in [5.41, 5.74) is 2.17. The van der Waals surface area contributed by atoms with Gasteiger partial charge >= 0.3 is 0 Å². The van der Waals surface area contributed by atoms with Crippen LogP contribution in [0.5, 0.6) is 0 Å². The molecular weight excluding hydrogens is 214 g/mol. The first-order valence-electron chi connectivity index (χ1n) is 6.78. The van der Waals surface area contributed by atoms with Crippen molar-refractivity contribution in [3.05, 3.63) is 0 Å². The van der Waals surface area contributed by atoms with Crippen molar-refractivity contribution in [3.8, 4) is 0 Å². The van der Waals surface area contributed by atoms with Crippen LogP contribution in [0.3, 0.4) is 0 Å². The third-order valence-corrected chi connectivity index (χ3v) is 3.98. The van der Waals surface area contributed by atoms with E-state index in [1.54, 1.807) is 0 Å². The van der Waals surface area contributed by atoms with Crippen LogP contribution in [0.2, 0.25) is 0 Å². The number of hydrazine groups is 1. The standard InChI is InChI=1S/C13H27N3O/c1-10-8-11(2)12(3)16(9-10)7-5-4-6-13(17)15-14/h10-12H,4-9,14H2,1-3H3,(H,15,17). The number of nitrogens with one attached hydrogen (secondary N) is 1. The van der Waals surface area contributed by atoms with E-state index < -0.39 is 0 Å². The first-order chi connectivity index (χ1) is 8.04. The average Bonchev–Trinajstić information content (AvgIpc) is 2.30. The van der Waals surface area contributed by atoms with Gasteiger partial charge in [-0.1, -0.05) is 13.8 Å². The summed E-state index contributed by atoms with van der Waals surface area (Å²) < 4.78 is 0. The zero-order chi connectivity index (χ0) is 12.8. The number of carbonyl (C=O) groups excluding carboxylic acids is 1. The molecule has 1 aliphatic heterocycles. The summed E-state index contributed by atoms with van der Waals surface area (Å²) in [4.78, 5) is 13.6. The molecule has 1 aliphatic rings. The summed E-state index contributed by atoms with van der Waals surface area (Å²) in [7, 11) is 0. The Morgan fingerprint density at radius 3 is 2.71 bits per heavy atom. The molecule has 0 saturated carbocycles. The minimum Gasteiger partial charge on any atom is -0.300 e. The van der Waals surface area contributed by atoms with E-state index in [1.807, 2.05) is 0 Å². The highest BCUT2D eigenvalue weighted by Gasteiger charge is 2.27. The maximum Gasteiger partial charge on any atom is 0.233 e. The Balaban J connectivity index is 2.23. The van der Waals surface area contributed by atoms with E-state index in [2.05, 4.69) is 31.1 Å². The molecule has 1 heterocycles. The molecule has 4 nitrogen and oxygen atoms in total. The fraction of sp³-hybridized carbons (Fsp3) is 0.923. The maximum absolute atomic E-state index is 11.0. The molecule has 100 valence electrons. The summed E-state index contributed by atoms with van der Waals surface area (Å²) in [5.74, 6) is 6.57. The molecular formula is C13H27N3O. The molecule has 3 N–H and O–H groups in total. The number of unbranched alkanes of at least 4 members (excludes halogenated alkanes) is 1. The quantitative estimate of drug-likeness (QED) is 0.332. The lowest BCUT2D eigenvalue weighted by Crippen LogP contribution is -2.46. The third-order valence-electron chi connectivity index (χ3n) is 3.98. The van der Waals surface area contributed by atoms with Gasteiger partial charge in [0.05, 0.1) is 0 Å². The van der Waals surface area contributed by atoms with Gasteiger partial charge in [0, 0.05) is 19.0 Å². The molecule has 1 fully saturated rings. The summed E-state index contributed by atoms with van der Waals surface area (Å²) in [5, 5.41) is 0. The van der Waals surface area contributed by atoms with Crippen LogP contribution in [0.25, 0.3) is 0 Å². The van der Waals surface area contributed by atoms with Gasteiger partial charge in [-0.05, 0) is 44.6 Å². The molecule has 3 unspecified atom stereocenters. The normalized spacial score (nSPS) is 30.2. The molecule has 4 heteroatoms. The van der Waals surface area contributed by atoms with Crippen LogP contribution in [0.15, 0.2) is 0 Å². The predicted molar refractivity (Wildman–Crippen MR) is 70.2 cm³/mol. The second kappa shape index (κ2) is 6.97. The Hall–Kier alpha value is -0.610. The molecule has 0 bridgehead atoms. The lowest BCUT2D eigenvalue weighted by atomic mass is 9.86. The molecule has 1 amide bonds. The summed E-state index contributed by atoms with van der Waals surface area (Å²) >= 11 is 0. The van der Waals surface area contributed by atoms with Gasteiger partial charge in [-0.2, -0.15) is 0 Å². The summed E-state index contributed by atoms with van der Waals surface area (Å²) in [6, 6.07) is 0.675.